The number of hydrogen-bond acceptors (Lipinski definition) is 2. The Morgan fingerprint density at radius 3 is 1.45 bits per heavy atom. The summed E-state index contributed by atoms with van der Waals surface area (Å²) in [7, 11) is 0. The van der Waals surface area contributed by atoms with Gasteiger partial charge in [0, 0.05) is 0 Å². The maximum atomic E-state index is 6.04. The molecule has 4 unspecified atom stereocenters. The molecule has 0 aromatic rings. The molecule has 2 aliphatic rings. The van der Waals surface area contributed by atoms with Crippen molar-refractivity contribution in [2.75, 3.05) is 0 Å². The smallest absolute Gasteiger partial charge is 0.0958 e. The minimum absolute atomic E-state index is 0.369. The molecule has 22 heavy (non-hydrogen) atoms. The van der Waals surface area contributed by atoms with E-state index in [-0.39, 0.29) is 0 Å². The molecule has 2 heteroatoms. The Morgan fingerprint density at radius 1 is 0.636 bits per heavy atom. The molecule has 2 rings (SSSR count). The summed E-state index contributed by atoms with van der Waals surface area (Å²) in [4.78, 5) is 12.1. The van der Waals surface area contributed by atoms with Gasteiger partial charge in [-0.1, -0.05) is 65.2 Å². The monoisotopic (exact) mass is 310 g/mol. The molecule has 0 aliphatic heterocycles. The Hall–Kier alpha value is -0.0800. The molecule has 130 valence electrons. The lowest BCUT2D eigenvalue weighted by molar-refractivity contribution is -0.373. The van der Waals surface area contributed by atoms with Crippen LogP contribution in [0.4, 0.5) is 0 Å². The summed E-state index contributed by atoms with van der Waals surface area (Å²) >= 11 is 0. The van der Waals surface area contributed by atoms with Crippen LogP contribution in [-0.2, 0) is 9.78 Å². The molecule has 4 atom stereocenters. The van der Waals surface area contributed by atoms with E-state index in [0.717, 1.165) is 11.8 Å². The van der Waals surface area contributed by atoms with Gasteiger partial charge in [0.1, 0.15) is 0 Å². The minimum atomic E-state index is 0.369. The van der Waals surface area contributed by atoms with Crippen molar-refractivity contribution in [2.24, 2.45) is 11.8 Å². The van der Waals surface area contributed by atoms with Crippen molar-refractivity contribution in [1.29, 1.82) is 0 Å². The van der Waals surface area contributed by atoms with Crippen molar-refractivity contribution in [3.63, 3.8) is 0 Å². The molecular weight excluding hydrogens is 272 g/mol. The van der Waals surface area contributed by atoms with E-state index in [1.54, 1.807) is 0 Å². The van der Waals surface area contributed by atoms with Crippen molar-refractivity contribution in [3.05, 3.63) is 0 Å². The Balaban J connectivity index is 1.77. The van der Waals surface area contributed by atoms with Gasteiger partial charge in [-0.25, -0.2) is 9.78 Å². The molecule has 0 aromatic heterocycles. The van der Waals surface area contributed by atoms with Crippen molar-refractivity contribution in [1.82, 2.24) is 0 Å². The number of unbranched alkanes of at least 4 members (excludes halogenated alkanes) is 2. The van der Waals surface area contributed by atoms with Gasteiger partial charge in [0.15, 0.2) is 0 Å². The van der Waals surface area contributed by atoms with Crippen molar-refractivity contribution < 1.29 is 9.78 Å². The standard InChI is InChI=1S/C20H38O2/c1-3-5-11-17-13-7-9-15-19(17)21-22-20-16-10-8-14-18(20)12-6-4-2/h17-20H,3-16H2,1-2H3. The molecule has 2 fully saturated rings. The fourth-order valence-electron chi connectivity index (χ4n) is 4.34. The van der Waals surface area contributed by atoms with Crippen LogP contribution in [0.5, 0.6) is 0 Å². The van der Waals surface area contributed by atoms with Crippen LogP contribution in [0.1, 0.15) is 104 Å². The van der Waals surface area contributed by atoms with Crippen molar-refractivity contribution in [3.8, 4) is 0 Å². The lowest BCUT2D eigenvalue weighted by atomic mass is 9.83. The average Bonchev–Trinajstić information content (AvgIpc) is 2.57. The topological polar surface area (TPSA) is 18.5 Å². The zero-order valence-corrected chi connectivity index (χ0v) is 15.0. The second-order valence-corrected chi connectivity index (χ2v) is 7.64. The van der Waals surface area contributed by atoms with Gasteiger partial charge in [-0.3, -0.25) is 0 Å². The third-order valence-corrected chi connectivity index (χ3v) is 5.84. The predicted octanol–water partition coefficient (Wildman–Crippen LogP) is 6.43. The van der Waals surface area contributed by atoms with Gasteiger partial charge in [0.2, 0.25) is 0 Å². The molecule has 2 saturated carbocycles. The van der Waals surface area contributed by atoms with Gasteiger partial charge in [0.25, 0.3) is 0 Å². The molecule has 0 aromatic carbocycles. The van der Waals surface area contributed by atoms with Gasteiger partial charge in [-0.05, 0) is 50.4 Å². The van der Waals surface area contributed by atoms with E-state index in [9.17, 15) is 0 Å². The molecule has 2 aliphatic carbocycles. The van der Waals surface area contributed by atoms with E-state index in [4.69, 9.17) is 9.78 Å². The van der Waals surface area contributed by atoms with Gasteiger partial charge in [0.05, 0.1) is 12.2 Å². The van der Waals surface area contributed by atoms with Crippen molar-refractivity contribution >= 4 is 0 Å². The van der Waals surface area contributed by atoms with Crippen LogP contribution in [-0.4, -0.2) is 12.2 Å². The number of hydrogen-bond donors (Lipinski definition) is 0. The zero-order valence-electron chi connectivity index (χ0n) is 15.0. The second-order valence-electron chi connectivity index (χ2n) is 7.64. The van der Waals surface area contributed by atoms with Gasteiger partial charge < -0.3 is 0 Å². The first-order valence-electron chi connectivity index (χ1n) is 10.2. The van der Waals surface area contributed by atoms with Gasteiger partial charge in [-0.15, -0.1) is 0 Å². The largest absolute Gasteiger partial charge is 0.233 e. The summed E-state index contributed by atoms with van der Waals surface area (Å²) in [6.07, 6.45) is 19.2. The molecule has 0 radical (unpaired) electrons. The van der Waals surface area contributed by atoms with E-state index >= 15 is 0 Å². The van der Waals surface area contributed by atoms with Crippen LogP contribution in [0.25, 0.3) is 0 Å². The molecule has 0 bridgehead atoms. The van der Waals surface area contributed by atoms with Crippen LogP contribution in [0.15, 0.2) is 0 Å². The third-order valence-electron chi connectivity index (χ3n) is 5.84. The highest BCUT2D eigenvalue weighted by Gasteiger charge is 2.30. The highest BCUT2D eigenvalue weighted by molar-refractivity contribution is 4.77. The molecule has 0 N–H and O–H groups in total. The molecule has 2 nitrogen and oxygen atoms in total. The molecule has 0 spiro atoms. The van der Waals surface area contributed by atoms with E-state index in [1.165, 1.54) is 89.9 Å². The van der Waals surface area contributed by atoms with E-state index in [2.05, 4.69) is 13.8 Å². The highest BCUT2D eigenvalue weighted by atomic mass is 17.2. The Labute approximate surface area is 138 Å². The van der Waals surface area contributed by atoms with Crippen LogP contribution in [0.3, 0.4) is 0 Å². The summed E-state index contributed by atoms with van der Waals surface area (Å²) in [6.45, 7) is 4.57. The summed E-state index contributed by atoms with van der Waals surface area (Å²) < 4.78 is 0. The maximum absolute atomic E-state index is 6.04. The van der Waals surface area contributed by atoms with Gasteiger partial charge in [-0.2, -0.15) is 0 Å². The quantitative estimate of drug-likeness (QED) is 0.361. The first kappa shape index (κ1) is 18.3. The van der Waals surface area contributed by atoms with Crippen molar-refractivity contribution in [2.45, 2.75) is 116 Å². The maximum Gasteiger partial charge on any atom is 0.0958 e. The van der Waals surface area contributed by atoms with Crippen LogP contribution in [0.2, 0.25) is 0 Å². The second kappa shape index (κ2) is 10.6. The van der Waals surface area contributed by atoms with Crippen LogP contribution < -0.4 is 0 Å². The lowest BCUT2D eigenvalue weighted by Gasteiger charge is -2.35. The van der Waals surface area contributed by atoms with E-state index in [1.807, 2.05) is 0 Å². The average molecular weight is 311 g/mol. The Kier molecular flexibility index (Phi) is 8.84. The molecule has 0 amide bonds. The normalized spacial score (nSPS) is 33.0. The van der Waals surface area contributed by atoms with Gasteiger partial charge >= 0.3 is 0 Å². The molecular formula is C20H38O2. The fraction of sp³-hybridized carbons (Fsp3) is 1.00. The fourth-order valence-corrected chi connectivity index (χ4v) is 4.34. The Bertz CT molecular complexity index is 251. The predicted molar refractivity (Wildman–Crippen MR) is 92.7 cm³/mol. The summed E-state index contributed by atoms with van der Waals surface area (Å²) in [5.74, 6) is 1.48. The molecule has 0 saturated heterocycles. The molecule has 0 heterocycles. The Morgan fingerprint density at radius 2 is 1.05 bits per heavy atom. The van der Waals surface area contributed by atoms with Crippen LogP contribution >= 0.6 is 0 Å². The summed E-state index contributed by atoms with van der Waals surface area (Å²) in [5, 5.41) is 0. The summed E-state index contributed by atoms with van der Waals surface area (Å²) in [5.41, 5.74) is 0. The third kappa shape index (κ3) is 5.85. The number of rotatable bonds is 9. The summed E-state index contributed by atoms with van der Waals surface area (Å²) in [6, 6.07) is 0. The van der Waals surface area contributed by atoms with E-state index < -0.39 is 0 Å². The SMILES string of the molecule is CCCCC1CCCCC1OOC1CCCCC1CCCC. The first-order valence-corrected chi connectivity index (χ1v) is 10.2. The van der Waals surface area contributed by atoms with Crippen LogP contribution in [0, 0.1) is 11.8 Å². The van der Waals surface area contributed by atoms with E-state index in [0.29, 0.717) is 12.2 Å². The minimum Gasteiger partial charge on any atom is -0.233 e. The first-order chi connectivity index (χ1) is 10.8. The highest BCUT2D eigenvalue weighted by Crippen LogP contribution is 2.34. The lowest BCUT2D eigenvalue weighted by Crippen LogP contribution is -2.33. The zero-order chi connectivity index (χ0) is 15.6.